The van der Waals surface area contributed by atoms with Gasteiger partial charge in [-0.3, -0.25) is 0 Å². The van der Waals surface area contributed by atoms with Gasteiger partial charge >= 0.3 is 0 Å². The van der Waals surface area contributed by atoms with Crippen LogP contribution in [-0.4, -0.2) is 58.7 Å². The van der Waals surface area contributed by atoms with Crippen molar-refractivity contribution in [3.8, 4) is 11.5 Å². The fraction of sp³-hybridized carbons (Fsp3) is 0.682. The van der Waals surface area contributed by atoms with Crippen molar-refractivity contribution < 1.29 is 18.9 Å². The van der Waals surface area contributed by atoms with Crippen molar-refractivity contribution in [1.29, 1.82) is 0 Å². The molecule has 0 aromatic heterocycles. The van der Waals surface area contributed by atoms with Crippen molar-refractivity contribution in [3.63, 3.8) is 0 Å². The molecular weight excluding hydrogens is 370 g/mol. The lowest BCUT2D eigenvalue weighted by Gasteiger charge is -2.13. The first kappa shape index (κ1) is 21.7. The van der Waals surface area contributed by atoms with E-state index in [9.17, 15) is 0 Å². The summed E-state index contributed by atoms with van der Waals surface area (Å²) in [6, 6.07) is 4.14. The number of guanidine groups is 1. The fourth-order valence-corrected chi connectivity index (χ4v) is 3.65. The number of fused-ring (bicyclic) bond motifs is 1. The predicted molar refractivity (Wildman–Crippen MR) is 114 cm³/mol. The van der Waals surface area contributed by atoms with Crippen LogP contribution < -0.4 is 20.1 Å². The zero-order valence-electron chi connectivity index (χ0n) is 18.0. The van der Waals surface area contributed by atoms with Gasteiger partial charge in [-0.25, -0.2) is 4.99 Å². The Balaban J connectivity index is 1.46. The molecule has 0 radical (unpaired) electrons. The zero-order chi connectivity index (χ0) is 20.5. The third kappa shape index (κ3) is 6.51. The van der Waals surface area contributed by atoms with Gasteiger partial charge in [-0.05, 0) is 38.8 Å². The molecular formula is C22H35N3O4. The summed E-state index contributed by atoms with van der Waals surface area (Å²) in [5.74, 6) is 3.18. The third-order valence-corrected chi connectivity index (χ3v) is 5.19. The summed E-state index contributed by atoms with van der Waals surface area (Å²) in [6.45, 7) is 9.56. The van der Waals surface area contributed by atoms with Crippen molar-refractivity contribution in [2.75, 3.05) is 46.6 Å². The van der Waals surface area contributed by atoms with E-state index in [-0.39, 0.29) is 6.10 Å². The zero-order valence-corrected chi connectivity index (χ0v) is 18.0. The van der Waals surface area contributed by atoms with Crippen molar-refractivity contribution in [1.82, 2.24) is 10.6 Å². The highest BCUT2D eigenvalue weighted by atomic mass is 16.5. The standard InChI is InChI=1S/C22H35N3O4/c1-4-23-22(24-7-5-8-27-14-17-6-9-28-15-17)25-13-19-12-21-18(10-16(2)29-21)11-20(19)26-3/h11-12,16-17H,4-10,13-15H2,1-3H3,(H2,23,24,25). The van der Waals surface area contributed by atoms with E-state index >= 15 is 0 Å². The van der Waals surface area contributed by atoms with Crippen molar-refractivity contribution in [2.45, 2.75) is 45.8 Å². The Kier molecular flexibility index (Phi) is 8.43. The fourth-order valence-electron chi connectivity index (χ4n) is 3.65. The highest BCUT2D eigenvalue weighted by Gasteiger charge is 2.21. The smallest absolute Gasteiger partial charge is 0.191 e. The van der Waals surface area contributed by atoms with Crippen LogP contribution in [0.2, 0.25) is 0 Å². The molecule has 2 atom stereocenters. The maximum absolute atomic E-state index is 5.88. The molecule has 3 rings (SSSR count). The highest BCUT2D eigenvalue weighted by Crippen LogP contribution is 2.35. The molecule has 2 unspecified atom stereocenters. The van der Waals surface area contributed by atoms with Crippen molar-refractivity contribution in [2.24, 2.45) is 10.9 Å². The lowest BCUT2D eigenvalue weighted by molar-refractivity contribution is 0.0888. The quantitative estimate of drug-likeness (QED) is 0.354. The van der Waals surface area contributed by atoms with E-state index in [2.05, 4.69) is 36.6 Å². The van der Waals surface area contributed by atoms with Crippen LogP contribution in [0.25, 0.3) is 0 Å². The number of ether oxygens (including phenoxy) is 4. The maximum atomic E-state index is 5.88. The predicted octanol–water partition coefficient (Wildman–Crippen LogP) is 2.52. The molecule has 0 saturated carbocycles. The SMILES string of the molecule is CCNC(=NCc1cc2c(cc1OC)CC(C)O2)NCCCOCC1CCOC1. The van der Waals surface area contributed by atoms with E-state index in [0.29, 0.717) is 12.5 Å². The molecule has 0 bridgehead atoms. The van der Waals surface area contributed by atoms with E-state index in [1.165, 1.54) is 5.56 Å². The summed E-state index contributed by atoms with van der Waals surface area (Å²) in [5, 5.41) is 6.67. The Morgan fingerprint density at radius 3 is 2.97 bits per heavy atom. The van der Waals surface area contributed by atoms with Gasteiger partial charge in [-0.15, -0.1) is 0 Å². The molecule has 1 aromatic carbocycles. The average molecular weight is 406 g/mol. The molecule has 29 heavy (non-hydrogen) atoms. The van der Waals surface area contributed by atoms with Gasteiger partial charge in [0.05, 0.1) is 26.9 Å². The molecule has 2 aliphatic heterocycles. The topological polar surface area (TPSA) is 73.3 Å². The first-order chi connectivity index (χ1) is 14.2. The Morgan fingerprint density at radius 2 is 2.21 bits per heavy atom. The second-order valence-electron chi connectivity index (χ2n) is 7.68. The number of aliphatic imine (C=N–C) groups is 1. The van der Waals surface area contributed by atoms with E-state index < -0.39 is 0 Å². The summed E-state index contributed by atoms with van der Waals surface area (Å²) in [6.07, 6.45) is 3.20. The van der Waals surface area contributed by atoms with Crippen LogP contribution in [0.1, 0.15) is 37.8 Å². The Morgan fingerprint density at radius 1 is 1.31 bits per heavy atom. The van der Waals surface area contributed by atoms with Gasteiger partial charge in [0.25, 0.3) is 0 Å². The summed E-state index contributed by atoms with van der Waals surface area (Å²) < 4.78 is 22.6. The van der Waals surface area contributed by atoms with E-state index in [4.69, 9.17) is 23.9 Å². The lowest BCUT2D eigenvalue weighted by atomic mass is 10.1. The normalized spacial score (nSPS) is 21.0. The minimum atomic E-state index is 0.218. The Bertz CT molecular complexity index is 674. The highest BCUT2D eigenvalue weighted by molar-refractivity contribution is 5.79. The number of nitrogens with one attached hydrogen (secondary N) is 2. The summed E-state index contributed by atoms with van der Waals surface area (Å²) in [4.78, 5) is 4.72. The van der Waals surface area contributed by atoms with Gasteiger partial charge in [0.1, 0.15) is 17.6 Å². The molecule has 7 heteroatoms. The molecule has 0 spiro atoms. The molecule has 2 heterocycles. The van der Waals surface area contributed by atoms with Crippen LogP contribution in [0.3, 0.4) is 0 Å². The largest absolute Gasteiger partial charge is 0.496 e. The third-order valence-electron chi connectivity index (χ3n) is 5.19. The second kappa shape index (κ2) is 11.3. The molecule has 0 amide bonds. The lowest BCUT2D eigenvalue weighted by Crippen LogP contribution is -2.38. The number of hydrogen-bond donors (Lipinski definition) is 2. The van der Waals surface area contributed by atoms with Crippen LogP contribution in [0, 0.1) is 5.92 Å². The van der Waals surface area contributed by atoms with Crippen molar-refractivity contribution >= 4 is 5.96 Å². The molecule has 2 aliphatic rings. The van der Waals surface area contributed by atoms with Gasteiger partial charge in [0.15, 0.2) is 5.96 Å². The van der Waals surface area contributed by atoms with Gasteiger partial charge in [0.2, 0.25) is 0 Å². The van der Waals surface area contributed by atoms with Crippen LogP contribution >= 0.6 is 0 Å². The van der Waals surface area contributed by atoms with Crippen LogP contribution in [-0.2, 0) is 22.4 Å². The minimum Gasteiger partial charge on any atom is -0.496 e. The van der Waals surface area contributed by atoms with Gasteiger partial charge in [0, 0.05) is 49.8 Å². The average Bonchev–Trinajstić information content (AvgIpc) is 3.35. The summed E-state index contributed by atoms with van der Waals surface area (Å²) >= 11 is 0. The molecule has 2 N–H and O–H groups in total. The van der Waals surface area contributed by atoms with E-state index in [1.54, 1.807) is 7.11 Å². The first-order valence-electron chi connectivity index (χ1n) is 10.7. The summed E-state index contributed by atoms with van der Waals surface area (Å²) in [7, 11) is 1.70. The molecule has 1 saturated heterocycles. The molecule has 1 fully saturated rings. The van der Waals surface area contributed by atoms with Gasteiger partial charge in [-0.2, -0.15) is 0 Å². The number of hydrogen-bond acceptors (Lipinski definition) is 5. The van der Waals surface area contributed by atoms with Crippen LogP contribution in [0.5, 0.6) is 11.5 Å². The van der Waals surface area contributed by atoms with Crippen LogP contribution in [0.15, 0.2) is 17.1 Å². The molecule has 7 nitrogen and oxygen atoms in total. The number of methoxy groups -OCH3 is 1. The number of nitrogens with zero attached hydrogens (tertiary/aromatic N) is 1. The monoisotopic (exact) mass is 405 g/mol. The minimum absolute atomic E-state index is 0.218. The van der Waals surface area contributed by atoms with Crippen molar-refractivity contribution in [3.05, 3.63) is 23.3 Å². The number of rotatable bonds is 10. The van der Waals surface area contributed by atoms with Crippen LogP contribution in [0.4, 0.5) is 0 Å². The van der Waals surface area contributed by atoms with E-state index in [0.717, 1.165) is 81.8 Å². The second-order valence-corrected chi connectivity index (χ2v) is 7.68. The molecule has 0 aliphatic carbocycles. The first-order valence-corrected chi connectivity index (χ1v) is 10.7. The maximum Gasteiger partial charge on any atom is 0.191 e. The van der Waals surface area contributed by atoms with Gasteiger partial charge < -0.3 is 29.6 Å². The van der Waals surface area contributed by atoms with Gasteiger partial charge in [-0.1, -0.05) is 0 Å². The Hall–Kier alpha value is -1.99. The molecule has 1 aromatic rings. The Labute approximate surface area is 174 Å². The molecule has 162 valence electrons. The summed E-state index contributed by atoms with van der Waals surface area (Å²) in [5.41, 5.74) is 2.23. The van der Waals surface area contributed by atoms with E-state index in [1.807, 2.05) is 0 Å². The number of benzene rings is 1.